The van der Waals surface area contributed by atoms with Gasteiger partial charge in [0.05, 0.1) is 5.56 Å². The number of nitrogens with two attached hydrogens (primary N) is 1. The third-order valence-corrected chi connectivity index (χ3v) is 3.38. The van der Waals surface area contributed by atoms with Crippen LogP contribution in [0.4, 0.5) is 10.6 Å². The number of nitrogens with one attached hydrogen (secondary N) is 4. The summed E-state index contributed by atoms with van der Waals surface area (Å²) in [7, 11) is 0. The molecule has 0 radical (unpaired) electrons. The van der Waals surface area contributed by atoms with E-state index >= 15 is 0 Å². The molecule has 1 rings (SSSR count). The van der Waals surface area contributed by atoms with Crippen LogP contribution in [0.2, 0.25) is 0 Å². The van der Waals surface area contributed by atoms with Crippen molar-refractivity contribution in [3.63, 3.8) is 0 Å². The zero-order valence-corrected chi connectivity index (χ0v) is 14.4. The highest BCUT2D eigenvalue weighted by Gasteiger charge is 2.19. The maximum absolute atomic E-state index is 11.9. The molecule has 0 aromatic carbocycles. The second-order valence-electron chi connectivity index (χ2n) is 5.44. The lowest BCUT2D eigenvalue weighted by atomic mass is 10.1. The fourth-order valence-corrected chi connectivity index (χ4v) is 2.01. The molecule has 0 aliphatic rings. The average molecular weight is 382 g/mol. The number of carboxylic acids is 2. The molecule has 0 aliphatic heterocycles. The molecular weight excluding hydrogens is 360 g/mol. The lowest BCUT2D eigenvalue weighted by Crippen LogP contribution is -2.47. The number of carbonyl (C=O) groups is 4. The van der Waals surface area contributed by atoms with Crippen molar-refractivity contribution in [1.29, 1.82) is 0 Å². The van der Waals surface area contributed by atoms with Crippen LogP contribution >= 0.6 is 0 Å². The number of carbonyl (C=O) groups excluding carboxylic acids is 2. The van der Waals surface area contributed by atoms with E-state index < -0.39 is 30.6 Å². The molecule has 3 amide bonds. The minimum Gasteiger partial charge on any atom is -0.480 e. The minimum absolute atomic E-state index is 0.129. The zero-order chi connectivity index (χ0) is 20.2. The standard InChI is InChI=1S/C15H22N6O6/c16-21-11-5-4-9(7-18-11)13(24)17-6-2-1-3-10(14(25)26)20-15(27)19-8-12(22)23/h4-5,7,10H,1-3,6,8,16H2,(H,17,24)(H,18,21)(H,22,23)(H,25,26)(H2,19,20,27)/t10-/m1/s1. The van der Waals surface area contributed by atoms with Gasteiger partial charge < -0.3 is 31.6 Å². The lowest BCUT2D eigenvalue weighted by Gasteiger charge is -2.14. The van der Waals surface area contributed by atoms with Crippen LogP contribution in [-0.4, -0.2) is 58.2 Å². The van der Waals surface area contributed by atoms with Crippen molar-refractivity contribution in [2.45, 2.75) is 25.3 Å². The van der Waals surface area contributed by atoms with E-state index in [0.717, 1.165) is 0 Å². The first-order valence-electron chi connectivity index (χ1n) is 8.03. The monoisotopic (exact) mass is 382 g/mol. The number of hydrazine groups is 1. The second kappa shape index (κ2) is 11.3. The normalized spacial score (nSPS) is 11.1. The van der Waals surface area contributed by atoms with Gasteiger partial charge in [-0.05, 0) is 31.4 Å². The Morgan fingerprint density at radius 1 is 1.11 bits per heavy atom. The first-order chi connectivity index (χ1) is 12.8. The maximum atomic E-state index is 11.9. The molecule has 1 atom stereocenters. The summed E-state index contributed by atoms with van der Waals surface area (Å²) in [6.45, 7) is -0.297. The Morgan fingerprint density at radius 3 is 2.41 bits per heavy atom. The van der Waals surface area contributed by atoms with Gasteiger partial charge in [0.1, 0.15) is 18.4 Å². The van der Waals surface area contributed by atoms with E-state index in [9.17, 15) is 19.2 Å². The molecule has 12 nitrogen and oxygen atoms in total. The van der Waals surface area contributed by atoms with Crippen LogP contribution in [0.5, 0.6) is 0 Å². The Balaban J connectivity index is 2.30. The summed E-state index contributed by atoms with van der Waals surface area (Å²) >= 11 is 0. The summed E-state index contributed by atoms with van der Waals surface area (Å²) in [5, 5.41) is 24.4. The number of nitrogens with zero attached hydrogens (tertiary/aromatic N) is 1. The van der Waals surface area contributed by atoms with E-state index in [1.165, 1.54) is 6.20 Å². The van der Waals surface area contributed by atoms with E-state index in [1.807, 2.05) is 5.32 Å². The van der Waals surface area contributed by atoms with Gasteiger partial charge in [0.2, 0.25) is 0 Å². The largest absolute Gasteiger partial charge is 0.480 e. The number of carboxylic acid groups (broad SMARTS) is 2. The fraction of sp³-hybridized carbons (Fsp3) is 0.400. The van der Waals surface area contributed by atoms with Crippen molar-refractivity contribution >= 4 is 29.7 Å². The van der Waals surface area contributed by atoms with Crippen LogP contribution in [0.3, 0.4) is 0 Å². The predicted molar refractivity (Wildman–Crippen MR) is 93.8 cm³/mol. The quantitative estimate of drug-likeness (QED) is 0.144. The fourth-order valence-electron chi connectivity index (χ4n) is 2.01. The van der Waals surface area contributed by atoms with Gasteiger partial charge in [-0.15, -0.1) is 0 Å². The number of amides is 3. The molecule has 0 aliphatic carbocycles. The number of hydrogen-bond donors (Lipinski definition) is 7. The van der Waals surface area contributed by atoms with Crippen molar-refractivity contribution < 1.29 is 29.4 Å². The van der Waals surface area contributed by atoms with Gasteiger partial charge >= 0.3 is 18.0 Å². The summed E-state index contributed by atoms with van der Waals surface area (Å²) in [5.74, 6) is 2.81. The number of anilines is 1. The van der Waals surface area contributed by atoms with Crippen molar-refractivity contribution in [3.8, 4) is 0 Å². The summed E-state index contributed by atoms with van der Waals surface area (Å²) in [4.78, 5) is 48.7. The second-order valence-corrected chi connectivity index (χ2v) is 5.44. The van der Waals surface area contributed by atoms with Crippen molar-refractivity contribution in [2.24, 2.45) is 5.84 Å². The van der Waals surface area contributed by atoms with E-state index in [4.69, 9.17) is 16.1 Å². The van der Waals surface area contributed by atoms with Crippen LogP contribution in [0.1, 0.15) is 29.6 Å². The molecule has 0 unspecified atom stereocenters. The van der Waals surface area contributed by atoms with Crippen LogP contribution in [-0.2, 0) is 9.59 Å². The summed E-state index contributed by atoms with van der Waals surface area (Å²) in [6, 6.07) is 1.07. The van der Waals surface area contributed by atoms with E-state index in [-0.39, 0.29) is 12.3 Å². The number of pyridine rings is 1. The lowest BCUT2D eigenvalue weighted by molar-refractivity contribution is -0.139. The van der Waals surface area contributed by atoms with Gasteiger partial charge in [0.15, 0.2) is 0 Å². The highest BCUT2D eigenvalue weighted by Crippen LogP contribution is 2.04. The zero-order valence-electron chi connectivity index (χ0n) is 14.4. The Hall–Kier alpha value is -3.41. The van der Waals surface area contributed by atoms with Gasteiger partial charge in [0, 0.05) is 12.7 Å². The average Bonchev–Trinajstić information content (AvgIpc) is 2.64. The molecule has 1 aromatic rings. The van der Waals surface area contributed by atoms with Gasteiger partial charge in [-0.3, -0.25) is 9.59 Å². The highest BCUT2D eigenvalue weighted by atomic mass is 16.4. The van der Waals surface area contributed by atoms with Crippen molar-refractivity contribution in [2.75, 3.05) is 18.5 Å². The molecule has 12 heteroatoms. The first kappa shape index (κ1) is 21.6. The predicted octanol–water partition coefficient (Wildman–Crippen LogP) is -0.896. The van der Waals surface area contributed by atoms with E-state index in [0.29, 0.717) is 30.8 Å². The van der Waals surface area contributed by atoms with Crippen LogP contribution < -0.4 is 27.2 Å². The third-order valence-electron chi connectivity index (χ3n) is 3.38. The summed E-state index contributed by atoms with van der Waals surface area (Å²) in [5.41, 5.74) is 2.70. The Labute approximate surface area is 154 Å². The molecule has 27 heavy (non-hydrogen) atoms. The van der Waals surface area contributed by atoms with Gasteiger partial charge in [0.25, 0.3) is 5.91 Å². The Kier molecular flexibility index (Phi) is 9.02. The number of unbranched alkanes of at least 4 members (excludes halogenated alkanes) is 1. The molecule has 0 saturated heterocycles. The van der Waals surface area contributed by atoms with Gasteiger partial charge in [-0.25, -0.2) is 20.4 Å². The summed E-state index contributed by atoms with van der Waals surface area (Å²) in [6.07, 6.45) is 2.41. The Morgan fingerprint density at radius 2 is 1.85 bits per heavy atom. The SMILES string of the molecule is NNc1ccc(C(=O)NCCCC[C@@H](NC(=O)NCC(=O)O)C(=O)O)cn1. The van der Waals surface area contributed by atoms with Crippen LogP contribution in [0, 0.1) is 0 Å². The van der Waals surface area contributed by atoms with Crippen LogP contribution in [0.25, 0.3) is 0 Å². The number of nitrogen functional groups attached to an aromatic ring is 1. The molecule has 1 aromatic heterocycles. The number of rotatable bonds is 11. The molecule has 0 saturated carbocycles. The molecule has 148 valence electrons. The smallest absolute Gasteiger partial charge is 0.326 e. The number of aliphatic carboxylic acids is 2. The Bertz CT molecular complexity index is 665. The van der Waals surface area contributed by atoms with E-state index in [1.54, 1.807) is 12.1 Å². The molecule has 8 N–H and O–H groups in total. The van der Waals surface area contributed by atoms with Gasteiger partial charge in [-0.2, -0.15) is 0 Å². The van der Waals surface area contributed by atoms with Crippen LogP contribution in [0.15, 0.2) is 18.3 Å². The molecule has 0 bridgehead atoms. The summed E-state index contributed by atoms with van der Waals surface area (Å²) < 4.78 is 0. The van der Waals surface area contributed by atoms with E-state index in [2.05, 4.69) is 21.0 Å². The molecule has 0 spiro atoms. The number of urea groups is 1. The molecule has 0 fully saturated rings. The van der Waals surface area contributed by atoms with Gasteiger partial charge in [-0.1, -0.05) is 0 Å². The van der Waals surface area contributed by atoms with Crippen molar-refractivity contribution in [1.82, 2.24) is 20.9 Å². The first-order valence-corrected chi connectivity index (χ1v) is 8.03. The topological polar surface area (TPSA) is 196 Å². The highest BCUT2D eigenvalue weighted by molar-refractivity contribution is 5.94. The minimum atomic E-state index is -1.24. The number of aromatic nitrogens is 1. The number of hydrogen-bond acceptors (Lipinski definition) is 7. The molecule has 1 heterocycles. The maximum Gasteiger partial charge on any atom is 0.326 e. The van der Waals surface area contributed by atoms with Crippen molar-refractivity contribution in [3.05, 3.63) is 23.9 Å². The third kappa shape index (κ3) is 8.49. The molecular formula is C15H22N6O6.